The highest BCUT2D eigenvalue weighted by Crippen LogP contribution is 2.42. The Morgan fingerprint density at radius 1 is 1.15 bits per heavy atom. The van der Waals surface area contributed by atoms with Gasteiger partial charge in [0.25, 0.3) is 0 Å². The summed E-state index contributed by atoms with van der Waals surface area (Å²) in [6, 6.07) is 10.6. The van der Waals surface area contributed by atoms with Crippen LogP contribution >= 0.6 is 0 Å². The Balaban J connectivity index is 1.68. The number of phenols is 1. The van der Waals surface area contributed by atoms with Crippen molar-refractivity contribution in [3.8, 4) is 33.9 Å². The van der Waals surface area contributed by atoms with Crippen LogP contribution in [0.1, 0.15) is 6.92 Å². The molecule has 0 bridgehead atoms. The first-order valence-electron chi connectivity index (χ1n) is 10.3. The average Bonchev–Trinajstić information content (AvgIpc) is 3.24. The number of rotatable bonds is 6. The number of halogens is 3. The summed E-state index contributed by atoms with van der Waals surface area (Å²) in [5, 5.41) is 30.3. The van der Waals surface area contributed by atoms with Gasteiger partial charge in [-0.2, -0.15) is 0 Å². The number of piperazine rings is 1. The molecule has 1 fully saturated rings. The molecule has 0 saturated carbocycles. The minimum atomic E-state index is -4.93. The molecule has 1 atom stereocenters. The fourth-order valence-corrected chi connectivity index (χ4v) is 3.65. The van der Waals surface area contributed by atoms with Crippen molar-refractivity contribution in [2.75, 3.05) is 36.4 Å². The number of aromatic hydroxyl groups is 1. The summed E-state index contributed by atoms with van der Waals surface area (Å²) < 4.78 is 48.3. The number of ether oxygens (including phenoxy) is 1. The maximum absolute atomic E-state index is 12.9. The zero-order valence-electron chi connectivity index (χ0n) is 17.7. The molecule has 1 saturated heterocycles. The first-order chi connectivity index (χ1) is 15.7. The van der Waals surface area contributed by atoms with Crippen LogP contribution in [0.5, 0.6) is 11.5 Å². The summed E-state index contributed by atoms with van der Waals surface area (Å²) in [6.07, 6.45) is -6.03. The van der Waals surface area contributed by atoms with Gasteiger partial charge in [-0.25, -0.2) is 0 Å². The number of aromatic nitrogens is 1. The Kier molecular flexibility index (Phi) is 6.34. The minimum Gasteiger partial charge on any atom is -0.507 e. The average molecular weight is 464 g/mol. The van der Waals surface area contributed by atoms with E-state index in [1.54, 1.807) is 24.3 Å². The van der Waals surface area contributed by atoms with Gasteiger partial charge in [-0.05, 0) is 30.7 Å². The lowest BCUT2D eigenvalue weighted by atomic mass is 9.99. The lowest BCUT2D eigenvalue weighted by molar-refractivity contribution is -0.274. The molecule has 1 unspecified atom stereocenters. The molecule has 1 aliphatic heterocycles. The predicted octanol–water partition coefficient (Wildman–Crippen LogP) is 3.77. The van der Waals surface area contributed by atoms with Crippen molar-refractivity contribution in [2.45, 2.75) is 19.5 Å². The van der Waals surface area contributed by atoms with Gasteiger partial charge in [0.15, 0.2) is 17.3 Å². The van der Waals surface area contributed by atoms with E-state index >= 15 is 0 Å². The van der Waals surface area contributed by atoms with Crippen LogP contribution in [-0.2, 0) is 0 Å². The fraction of sp³-hybridized carbons (Fsp3) is 0.318. The number of aliphatic hydroxyl groups is 1. The standard InChI is InChI=1S/C22H23F3N4O4/c1-13(30)27-17-6-5-14(11-19(17)32-22(23,24)25)15-3-2-4-16(21(15)31)18-12-20(28-33-18)29-9-7-26-8-10-29/h2-6,11-13,26-27,30-31H,7-10H2,1H3. The smallest absolute Gasteiger partial charge is 0.507 e. The Morgan fingerprint density at radius 2 is 1.88 bits per heavy atom. The SMILES string of the molecule is CC(O)Nc1ccc(-c2cccc(-c3cc(N4CCNCC4)no3)c2O)cc1OC(F)(F)F. The molecule has 8 nitrogen and oxygen atoms in total. The van der Waals surface area contributed by atoms with Crippen LogP contribution in [0.3, 0.4) is 0 Å². The molecular formula is C22H23F3N4O4. The molecule has 0 spiro atoms. The van der Waals surface area contributed by atoms with E-state index in [9.17, 15) is 23.4 Å². The number of anilines is 2. The highest BCUT2D eigenvalue weighted by Gasteiger charge is 2.32. The highest BCUT2D eigenvalue weighted by molar-refractivity contribution is 5.82. The van der Waals surface area contributed by atoms with Crippen molar-refractivity contribution >= 4 is 11.5 Å². The Bertz CT molecular complexity index is 1110. The maximum Gasteiger partial charge on any atom is 0.573 e. The van der Waals surface area contributed by atoms with E-state index in [4.69, 9.17) is 4.52 Å². The van der Waals surface area contributed by atoms with Gasteiger partial charge in [-0.1, -0.05) is 23.4 Å². The highest BCUT2D eigenvalue weighted by atomic mass is 19.4. The van der Waals surface area contributed by atoms with Crippen molar-refractivity contribution in [3.05, 3.63) is 42.5 Å². The second-order valence-electron chi connectivity index (χ2n) is 7.57. The van der Waals surface area contributed by atoms with E-state index in [0.717, 1.165) is 32.2 Å². The van der Waals surface area contributed by atoms with Crippen LogP contribution in [0.4, 0.5) is 24.7 Å². The molecule has 1 aliphatic rings. The number of hydrogen-bond donors (Lipinski definition) is 4. The van der Waals surface area contributed by atoms with Crippen LogP contribution in [-0.4, -0.2) is 54.1 Å². The van der Waals surface area contributed by atoms with E-state index in [1.807, 2.05) is 0 Å². The van der Waals surface area contributed by atoms with Crippen LogP contribution < -0.4 is 20.3 Å². The van der Waals surface area contributed by atoms with Gasteiger partial charge >= 0.3 is 6.36 Å². The predicted molar refractivity (Wildman–Crippen MR) is 116 cm³/mol. The topological polar surface area (TPSA) is 103 Å². The Hall–Kier alpha value is -3.44. The van der Waals surface area contributed by atoms with E-state index in [1.165, 1.54) is 19.1 Å². The summed E-state index contributed by atoms with van der Waals surface area (Å²) in [5.74, 6) is 0.272. The zero-order chi connectivity index (χ0) is 23.6. The lowest BCUT2D eigenvalue weighted by Gasteiger charge is -2.26. The van der Waals surface area contributed by atoms with Crippen molar-refractivity contribution < 1.29 is 32.6 Å². The molecule has 33 heavy (non-hydrogen) atoms. The van der Waals surface area contributed by atoms with Crippen molar-refractivity contribution in [2.24, 2.45) is 0 Å². The van der Waals surface area contributed by atoms with Crippen LogP contribution in [0, 0.1) is 0 Å². The molecule has 2 aromatic carbocycles. The van der Waals surface area contributed by atoms with Gasteiger partial charge in [-0.15, -0.1) is 13.2 Å². The summed E-state index contributed by atoms with van der Waals surface area (Å²) in [6.45, 7) is 4.56. The molecule has 0 amide bonds. The van der Waals surface area contributed by atoms with Crippen molar-refractivity contribution in [1.29, 1.82) is 0 Å². The molecule has 11 heteroatoms. The number of phenolic OH excluding ortho intramolecular Hbond substituents is 1. The van der Waals surface area contributed by atoms with E-state index in [0.29, 0.717) is 17.1 Å². The van der Waals surface area contributed by atoms with Crippen LogP contribution in [0.2, 0.25) is 0 Å². The normalized spacial score (nSPS) is 15.4. The van der Waals surface area contributed by atoms with Gasteiger partial charge < -0.3 is 35.0 Å². The number of nitrogens with zero attached hydrogens (tertiary/aromatic N) is 2. The van der Waals surface area contributed by atoms with Crippen LogP contribution in [0.15, 0.2) is 47.0 Å². The third-order valence-electron chi connectivity index (χ3n) is 5.12. The van der Waals surface area contributed by atoms with Crippen molar-refractivity contribution in [1.82, 2.24) is 10.5 Å². The summed E-state index contributed by atoms with van der Waals surface area (Å²) in [5.41, 5.74) is 0.873. The molecule has 4 N–H and O–H groups in total. The van der Waals surface area contributed by atoms with E-state index in [-0.39, 0.29) is 22.6 Å². The summed E-state index contributed by atoms with van der Waals surface area (Å²) >= 11 is 0. The molecule has 3 aromatic rings. The quantitative estimate of drug-likeness (QED) is 0.409. The molecule has 2 heterocycles. The number of para-hydroxylation sites is 1. The third-order valence-corrected chi connectivity index (χ3v) is 5.12. The first-order valence-corrected chi connectivity index (χ1v) is 10.3. The van der Waals surface area contributed by atoms with E-state index in [2.05, 4.69) is 25.4 Å². The van der Waals surface area contributed by atoms with Gasteiger partial charge in [0.05, 0.1) is 11.3 Å². The second kappa shape index (κ2) is 9.20. The third kappa shape index (κ3) is 5.32. The van der Waals surface area contributed by atoms with Gasteiger partial charge in [-0.3, -0.25) is 0 Å². The molecule has 0 radical (unpaired) electrons. The van der Waals surface area contributed by atoms with Crippen molar-refractivity contribution in [3.63, 3.8) is 0 Å². The van der Waals surface area contributed by atoms with Gasteiger partial charge in [0.2, 0.25) is 0 Å². The number of aliphatic hydroxyl groups excluding tert-OH is 1. The van der Waals surface area contributed by atoms with Gasteiger partial charge in [0.1, 0.15) is 12.0 Å². The molecular weight excluding hydrogens is 441 g/mol. The summed E-state index contributed by atoms with van der Waals surface area (Å²) in [7, 11) is 0. The zero-order valence-corrected chi connectivity index (χ0v) is 17.7. The fourth-order valence-electron chi connectivity index (χ4n) is 3.65. The van der Waals surface area contributed by atoms with E-state index < -0.39 is 18.3 Å². The Morgan fingerprint density at radius 3 is 2.58 bits per heavy atom. The monoisotopic (exact) mass is 464 g/mol. The van der Waals surface area contributed by atoms with Gasteiger partial charge in [0, 0.05) is 37.8 Å². The minimum absolute atomic E-state index is 0.0439. The maximum atomic E-state index is 12.9. The number of alkyl halides is 3. The molecule has 1 aromatic heterocycles. The number of hydrogen-bond acceptors (Lipinski definition) is 8. The Labute approximate surface area is 187 Å². The lowest BCUT2D eigenvalue weighted by Crippen LogP contribution is -2.43. The molecule has 4 rings (SSSR count). The first kappa shape index (κ1) is 22.7. The molecule has 176 valence electrons. The number of nitrogens with one attached hydrogen (secondary N) is 2. The van der Waals surface area contributed by atoms with Crippen LogP contribution in [0.25, 0.3) is 22.5 Å². The molecule has 0 aliphatic carbocycles. The number of benzene rings is 2. The largest absolute Gasteiger partial charge is 0.573 e. The summed E-state index contributed by atoms with van der Waals surface area (Å²) in [4.78, 5) is 2.05. The second-order valence-corrected chi connectivity index (χ2v) is 7.57.